The minimum atomic E-state index is -4.27. The van der Waals surface area contributed by atoms with Crippen molar-refractivity contribution in [2.45, 2.75) is 58.5 Å². The number of alkyl halides is 3. The fraction of sp³-hybridized carbons (Fsp3) is 0.400. The number of rotatable bonds is 7. The maximum absolute atomic E-state index is 13.4. The molecule has 3 heterocycles. The lowest BCUT2D eigenvalue weighted by Crippen LogP contribution is -2.53. The van der Waals surface area contributed by atoms with Crippen molar-refractivity contribution in [3.05, 3.63) is 64.7 Å². The fourth-order valence-corrected chi connectivity index (χ4v) is 7.55. The van der Waals surface area contributed by atoms with Crippen LogP contribution in [0, 0.1) is 6.92 Å². The van der Waals surface area contributed by atoms with E-state index in [1.165, 1.54) is 23.2 Å². The summed E-state index contributed by atoms with van der Waals surface area (Å²) in [6.45, 7) is 9.97. The lowest BCUT2D eigenvalue weighted by atomic mass is 9.91. The number of hydrogen-bond donors (Lipinski definition) is 1. The molecule has 1 saturated heterocycles. The van der Waals surface area contributed by atoms with Gasteiger partial charge in [0.15, 0.2) is 11.9 Å². The van der Waals surface area contributed by atoms with Gasteiger partial charge in [0, 0.05) is 60.3 Å². The summed E-state index contributed by atoms with van der Waals surface area (Å²) in [6, 6.07) is 13.7. The average molecular weight is 700 g/mol. The van der Waals surface area contributed by atoms with Crippen LogP contribution in [0.1, 0.15) is 44.9 Å². The molecule has 5 aromatic rings. The number of anilines is 1. The monoisotopic (exact) mass is 699 g/mol. The Kier molecular flexibility index (Phi) is 8.99. The second-order valence-electron chi connectivity index (χ2n) is 13.2. The Labute approximate surface area is 285 Å². The van der Waals surface area contributed by atoms with Gasteiger partial charge in [-0.15, -0.1) is 11.3 Å². The molecule has 0 radical (unpaired) electrons. The molecule has 2 atom stereocenters. The molecule has 1 fully saturated rings. The number of carbonyl (C=O) groups is 1. The highest BCUT2D eigenvalue weighted by Gasteiger charge is 2.41. The molecule has 1 aliphatic heterocycles. The Hall–Kier alpha value is -3.71. The van der Waals surface area contributed by atoms with Gasteiger partial charge in [0.25, 0.3) is 0 Å². The van der Waals surface area contributed by atoms with Crippen molar-refractivity contribution in [1.29, 1.82) is 0 Å². The first-order chi connectivity index (χ1) is 22.5. The Balaban J connectivity index is 1.44. The third kappa shape index (κ3) is 6.63. The van der Waals surface area contributed by atoms with Crippen LogP contribution < -0.4 is 4.90 Å². The molecule has 0 bridgehead atoms. The number of aryl methyl sites for hydroxylation is 2. The minimum absolute atomic E-state index is 0.279. The van der Waals surface area contributed by atoms with Gasteiger partial charge in [0.2, 0.25) is 0 Å². The molecule has 13 heteroatoms. The molecule has 2 unspecified atom stereocenters. The van der Waals surface area contributed by atoms with Crippen LogP contribution in [-0.4, -0.2) is 74.7 Å². The highest BCUT2D eigenvalue weighted by Crippen LogP contribution is 2.45. The highest BCUT2D eigenvalue weighted by atomic mass is 35.5. The summed E-state index contributed by atoms with van der Waals surface area (Å²) in [5.74, 6) is -0.367. The van der Waals surface area contributed by atoms with Gasteiger partial charge in [-0.3, -0.25) is 9.58 Å². The molecule has 3 aromatic carbocycles. The van der Waals surface area contributed by atoms with Crippen LogP contribution in [0.4, 0.5) is 19.0 Å². The second kappa shape index (κ2) is 12.6. The van der Waals surface area contributed by atoms with E-state index in [-0.39, 0.29) is 13.1 Å². The molecule has 8 nitrogen and oxygen atoms in total. The summed E-state index contributed by atoms with van der Waals surface area (Å²) in [5, 5.41) is 17.3. The molecule has 48 heavy (non-hydrogen) atoms. The van der Waals surface area contributed by atoms with Gasteiger partial charge < -0.3 is 14.7 Å². The molecular formula is C35H37ClF3N5O3S. The normalized spacial score (nSPS) is 16.2. The first-order valence-corrected chi connectivity index (χ1v) is 16.8. The van der Waals surface area contributed by atoms with Crippen LogP contribution in [0.15, 0.2) is 48.5 Å². The smallest absolute Gasteiger partial charge is 0.403 e. The van der Waals surface area contributed by atoms with Crippen molar-refractivity contribution in [1.82, 2.24) is 19.7 Å². The first kappa shape index (κ1) is 34.2. The van der Waals surface area contributed by atoms with E-state index in [1.54, 1.807) is 16.8 Å². The van der Waals surface area contributed by atoms with E-state index in [9.17, 15) is 23.1 Å². The predicted molar refractivity (Wildman–Crippen MR) is 185 cm³/mol. The van der Waals surface area contributed by atoms with Crippen molar-refractivity contribution in [2.75, 3.05) is 31.1 Å². The zero-order valence-corrected chi connectivity index (χ0v) is 29.1. The largest absolute Gasteiger partial charge is 0.479 e. The number of benzene rings is 3. The van der Waals surface area contributed by atoms with Gasteiger partial charge in [-0.1, -0.05) is 23.7 Å². The third-order valence-corrected chi connectivity index (χ3v) is 10.1. The van der Waals surface area contributed by atoms with E-state index in [1.807, 2.05) is 76.0 Å². The Morgan fingerprint density at radius 3 is 2.27 bits per heavy atom. The van der Waals surface area contributed by atoms with E-state index in [0.29, 0.717) is 23.7 Å². The van der Waals surface area contributed by atoms with Gasteiger partial charge in [0.1, 0.15) is 11.0 Å². The molecule has 0 amide bonds. The summed E-state index contributed by atoms with van der Waals surface area (Å²) in [7, 11) is 1.85. The van der Waals surface area contributed by atoms with Crippen molar-refractivity contribution in [2.24, 2.45) is 7.05 Å². The van der Waals surface area contributed by atoms with Crippen LogP contribution in [0.3, 0.4) is 0 Å². The first-order valence-electron chi connectivity index (χ1n) is 15.7. The van der Waals surface area contributed by atoms with Crippen molar-refractivity contribution in [3.8, 4) is 21.7 Å². The zero-order chi connectivity index (χ0) is 34.7. The van der Waals surface area contributed by atoms with E-state index < -0.39 is 29.9 Å². The number of nitrogens with zero attached hydrogens (tertiary/aromatic N) is 5. The number of thiazole rings is 1. The minimum Gasteiger partial charge on any atom is -0.479 e. The third-order valence-electron chi connectivity index (χ3n) is 8.73. The van der Waals surface area contributed by atoms with E-state index in [0.717, 1.165) is 54.2 Å². The molecule has 6 rings (SSSR count). The number of ether oxygens (including phenoxy) is 1. The highest BCUT2D eigenvalue weighted by molar-refractivity contribution is 7.22. The number of hydrogen-bond acceptors (Lipinski definition) is 7. The van der Waals surface area contributed by atoms with E-state index in [2.05, 4.69) is 0 Å². The summed E-state index contributed by atoms with van der Waals surface area (Å²) >= 11 is 7.71. The topological polar surface area (TPSA) is 83.7 Å². The molecule has 1 N–H and O–H groups in total. The number of fused-ring (bicyclic) bond motifs is 2. The maximum Gasteiger partial charge on any atom is 0.403 e. The van der Waals surface area contributed by atoms with Gasteiger partial charge in [-0.05, 0) is 82.1 Å². The number of halogens is 4. The molecule has 0 saturated carbocycles. The number of carboxylic acid groups (broad SMARTS) is 1. The average Bonchev–Trinajstić information content (AvgIpc) is 3.59. The van der Waals surface area contributed by atoms with Crippen LogP contribution in [0.25, 0.3) is 42.8 Å². The SMILES string of the molecule is Cc1cc2nc(-c3ccc4c(c3)c(N3CCN(C(C)C(F)(F)F)CC3)nn4C)sc2c(-c2ccc(Cl)cc2)c1C(OC(C)(C)C)C(=O)O. The standard InChI is InChI=1S/C35H37ClF3N5O3S/c1-19-17-25-30(28(21-7-10-23(36)11-8-21)27(19)29(33(45)46)47-34(3,4)5)48-32(40-25)22-9-12-26-24(18-22)31(41-42(26)6)44-15-13-43(14-16-44)20(2)35(37,38)39/h7-12,17-18,20,29H,13-16H2,1-6H3,(H,45,46). The molecule has 254 valence electrons. The quantitative estimate of drug-likeness (QED) is 0.182. The van der Waals surface area contributed by atoms with E-state index in [4.69, 9.17) is 26.4 Å². The second-order valence-corrected chi connectivity index (χ2v) is 14.7. The van der Waals surface area contributed by atoms with Crippen LogP contribution in [-0.2, 0) is 16.6 Å². The van der Waals surface area contributed by atoms with Crippen LogP contribution >= 0.6 is 22.9 Å². The molecule has 0 aliphatic carbocycles. The van der Waals surface area contributed by atoms with Crippen molar-refractivity contribution < 1.29 is 27.8 Å². The van der Waals surface area contributed by atoms with Gasteiger partial charge in [-0.2, -0.15) is 18.3 Å². The van der Waals surface area contributed by atoms with Gasteiger partial charge in [0.05, 0.1) is 21.3 Å². The molecule has 0 spiro atoms. The summed E-state index contributed by atoms with van der Waals surface area (Å²) in [6.07, 6.45) is -5.49. The van der Waals surface area contributed by atoms with Crippen LogP contribution in [0.2, 0.25) is 5.02 Å². The number of piperazine rings is 1. The van der Waals surface area contributed by atoms with E-state index >= 15 is 0 Å². The molecule has 2 aromatic heterocycles. The zero-order valence-electron chi connectivity index (χ0n) is 27.5. The summed E-state index contributed by atoms with van der Waals surface area (Å²) < 4.78 is 48.8. The van der Waals surface area contributed by atoms with Crippen molar-refractivity contribution >= 4 is 55.8 Å². The summed E-state index contributed by atoms with van der Waals surface area (Å²) in [4.78, 5) is 21.2. The number of carboxylic acids is 1. The Morgan fingerprint density at radius 1 is 1.02 bits per heavy atom. The Morgan fingerprint density at radius 2 is 1.67 bits per heavy atom. The van der Waals surface area contributed by atoms with Gasteiger partial charge in [-0.25, -0.2) is 9.78 Å². The number of aromatic nitrogens is 3. The predicted octanol–water partition coefficient (Wildman–Crippen LogP) is 8.49. The molecular weight excluding hydrogens is 663 g/mol. The lowest BCUT2D eigenvalue weighted by molar-refractivity contribution is -0.179. The van der Waals surface area contributed by atoms with Gasteiger partial charge >= 0.3 is 12.1 Å². The maximum atomic E-state index is 13.4. The number of aliphatic carboxylic acids is 1. The Bertz CT molecular complexity index is 1990. The fourth-order valence-electron chi connectivity index (χ4n) is 6.30. The summed E-state index contributed by atoms with van der Waals surface area (Å²) in [5.41, 5.74) is 4.58. The van der Waals surface area contributed by atoms with Crippen molar-refractivity contribution in [3.63, 3.8) is 0 Å². The molecule has 1 aliphatic rings. The lowest BCUT2D eigenvalue weighted by Gasteiger charge is -2.38. The van der Waals surface area contributed by atoms with Crippen LogP contribution in [0.5, 0.6) is 0 Å².